The maximum atomic E-state index is 13.3. The molecule has 2 N–H and O–H groups in total. The van der Waals surface area contributed by atoms with Gasteiger partial charge in [-0.3, -0.25) is 9.59 Å². The zero-order chi connectivity index (χ0) is 25.1. The first-order chi connectivity index (χ1) is 17.5. The van der Waals surface area contributed by atoms with Crippen molar-refractivity contribution in [2.24, 2.45) is 7.05 Å². The van der Waals surface area contributed by atoms with E-state index in [9.17, 15) is 9.59 Å². The van der Waals surface area contributed by atoms with Crippen LogP contribution in [0.4, 0.5) is 5.69 Å². The third-order valence-corrected chi connectivity index (χ3v) is 6.10. The maximum Gasteiger partial charge on any atom is 0.272 e. The van der Waals surface area contributed by atoms with Crippen molar-refractivity contribution < 1.29 is 14.3 Å². The quantitative estimate of drug-likeness (QED) is 0.307. The molecular formula is C30H25N3O3. The molecule has 6 nitrogen and oxygen atoms in total. The van der Waals surface area contributed by atoms with E-state index in [1.54, 1.807) is 61.7 Å². The summed E-state index contributed by atoms with van der Waals surface area (Å²) in [7, 11) is 3.60. The van der Waals surface area contributed by atoms with Gasteiger partial charge in [-0.05, 0) is 54.1 Å². The molecule has 6 heteroatoms. The fourth-order valence-corrected chi connectivity index (χ4v) is 4.28. The number of para-hydroxylation sites is 1. The van der Waals surface area contributed by atoms with Gasteiger partial charge in [-0.25, -0.2) is 0 Å². The smallest absolute Gasteiger partial charge is 0.272 e. The van der Waals surface area contributed by atoms with Crippen molar-refractivity contribution in [2.75, 3.05) is 12.4 Å². The molecule has 0 atom stereocenters. The second-order valence-electron chi connectivity index (χ2n) is 8.42. The van der Waals surface area contributed by atoms with Crippen LogP contribution in [0.15, 0.2) is 103 Å². The van der Waals surface area contributed by atoms with Crippen molar-refractivity contribution in [3.05, 3.63) is 114 Å². The van der Waals surface area contributed by atoms with Gasteiger partial charge in [0, 0.05) is 46.2 Å². The molecule has 0 aliphatic heterocycles. The highest BCUT2D eigenvalue weighted by atomic mass is 16.5. The highest BCUT2D eigenvalue weighted by Gasteiger charge is 2.16. The number of hydrogen-bond acceptors (Lipinski definition) is 3. The van der Waals surface area contributed by atoms with Crippen LogP contribution in [0.25, 0.3) is 27.9 Å². The molecule has 0 unspecified atom stereocenters. The van der Waals surface area contributed by atoms with Crippen LogP contribution >= 0.6 is 0 Å². The van der Waals surface area contributed by atoms with E-state index >= 15 is 0 Å². The Kier molecular flexibility index (Phi) is 6.24. The van der Waals surface area contributed by atoms with E-state index in [0.29, 0.717) is 17.0 Å². The standard InChI is InChI=1S/C30H25N3O3/c1-33-27-14-7-6-13-24(27)25-17-20(15-16-28(25)33)18-26(32-29(34)21-9-4-3-5-10-21)30(35)31-22-11-8-12-23(19-22)36-2/h3-19H,1-2H3,(H,31,35)(H,32,34). The van der Waals surface area contributed by atoms with E-state index in [0.717, 1.165) is 27.4 Å². The minimum atomic E-state index is -0.439. The van der Waals surface area contributed by atoms with E-state index < -0.39 is 5.91 Å². The Morgan fingerprint density at radius 3 is 2.36 bits per heavy atom. The third-order valence-electron chi connectivity index (χ3n) is 6.10. The number of anilines is 1. The van der Waals surface area contributed by atoms with Crippen molar-refractivity contribution in [2.45, 2.75) is 0 Å². The van der Waals surface area contributed by atoms with E-state index in [1.807, 2.05) is 43.4 Å². The van der Waals surface area contributed by atoms with Crippen molar-refractivity contribution in [1.29, 1.82) is 0 Å². The Hall–Kier alpha value is -4.84. The minimum absolute atomic E-state index is 0.131. The van der Waals surface area contributed by atoms with Crippen LogP contribution in [0, 0.1) is 0 Å². The lowest BCUT2D eigenvalue weighted by atomic mass is 10.1. The number of carbonyl (C=O) groups is 2. The predicted octanol–water partition coefficient (Wildman–Crippen LogP) is 5.75. The summed E-state index contributed by atoms with van der Waals surface area (Å²) in [5.74, 6) is -0.188. The van der Waals surface area contributed by atoms with Crippen LogP contribution in [-0.2, 0) is 11.8 Å². The van der Waals surface area contributed by atoms with Crippen LogP contribution < -0.4 is 15.4 Å². The number of nitrogens with zero attached hydrogens (tertiary/aromatic N) is 1. The normalized spacial score (nSPS) is 11.4. The van der Waals surface area contributed by atoms with Gasteiger partial charge in [-0.1, -0.05) is 48.5 Å². The summed E-state index contributed by atoms with van der Waals surface area (Å²) in [6, 6.07) is 30.1. The summed E-state index contributed by atoms with van der Waals surface area (Å²) in [4.78, 5) is 26.3. The molecule has 0 radical (unpaired) electrons. The molecule has 0 aliphatic rings. The van der Waals surface area contributed by atoms with Gasteiger partial charge in [0.2, 0.25) is 0 Å². The summed E-state index contributed by atoms with van der Waals surface area (Å²) >= 11 is 0. The first-order valence-corrected chi connectivity index (χ1v) is 11.5. The Morgan fingerprint density at radius 2 is 1.56 bits per heavy atom. The van der Waals surface area contributed by atoms with E-state index in [2.05, 4.69) is 27.3 Å². The number of benzene rings is 4. The number of methoxy groups -OCH3 is 1. The zero-order valence-electron chi connectivity index (χ0n) is 20.0. The van der Waals surface area contributed by atoms with Gasteiger partial charge >= 0.3 is 0 Å². The van der Waals surface area contributed by atoms with Gasteiger partial charge in [0.25, 0.3) is 11.8 Å². The number of carbonyl (C=O) groups excluding carboxylic acids is 2. The molecule has 36 heavy (non-hydrogen) atoms. The van der Waals surface area contributed by atoms with Gasteiger partial charge in [0.1, 0.15) is 11.4 Å². The average molecular weight is 476 g/mol. The lowest BCUT2D eigenvalue weighted by Gasteiger charge is -2.12. The van der Waals surface area contributed by atoms with Crippen molar-refractivity contribution in [1.82, 2.24) is 9.88 Å². The molecule has 1 heterocycles. The number of rotatable bonds is 6. The summed E-state index contributed by atoms with van der Waals surface area (Å²) < 4.78 is 7.40. The number of ether oxygens (including phenoxy) is 1. The van der Waals surface area contributed by atoms with Crippen LogP contribution in [0.5, 0.6) is 5.75 Å². The van der Waals surface area contributed by atoms with Gasteiger partial charge in [0.15, 0.2) is 0 Å². The fourth-order valence-electron chi connectivity index (χ4n) is 4.28. The molecule has 0 saturated heterocycles. The molecule has 5 aromatic rings. The molecule has 0 aliphatic carbocycles. The number of hydrogen-bond donors (Lipinski definition) is 2. The van der Waals surface area contributed by atoms with E-state index in [1.165, 1.54) is 0 Å². The molecule has 0 spiro atoms. The van der Waals surface area contributed by atoms with E-state index in [-0.39, 0.29) is 11.6 Å². The maximum absolute atomic E-state index is 13.3. The largest absolute Gasteiger partial charge is 0.497 e. The van der Waals surface area contributed by atoms with Gasteiger partial charge in [0.05, 0.1) is 7.11 Å². The molecule has 0 bridgehead atoms. The number of amides is 2. The highest BCUT2D eigenvalue weighted by molar-refractivity contribution is 6.12. The van der Waals surface area contributed by atoms with Crippen LogP contribution in [-0.4, -0.2) is 23.5 Å². The second-order valence-corrected chi connectivity index (χ2v) is 8.42. The summed E-state index contributed by atoms with van der Waals surface area (Å²) in [6.45, 7) is 0. The molecular weight excluding hydrogens is 450 g/mol. The minimum Gasteiger partial charge on any atom is -0.497 e. The van der Waals surface area contributed by atoms with Gasteiger partial charge in [-0.2, -0.15) is 0 Å². The second kappa shape index (κ2) is 9.80. The SMILES string of the molecule is COc1cccc(NC(=O)C(=Cc2ccc3c(c2)c2ccccc2n3C)NC(=O)c2ccccc2)c1. The monoisotopic (exact) mass is 475 g/mol. The molecule has 178 valence electrons. The van der Waals surface area contributed by atoms with Crippen molar-refractivity contribution >= 4 is 45.4 Å². The van der Waals surface area contributed by atoms with Crippen LogP contribution in [0.3, 0.4) is 0 Å². The molecule has 5 rings (SSSR count). The number of aryl methyl sites for hydroxylation is 1. The lowest BCUT2D eigenvalue weighted by Crippen LogP contribution is -2.30. The highest BCUT2D eigenvalue weighted by Crippen LogP contribution is 2.29. The summed E-state index contributed by atoms with van der Waals surface area (Å²) in [5.41, 5.74) is 4.16. The first kappa shape index (κ1) is 22.9. The topological polar surface area (TPSA) is 72.4 Å². The molecule has 4 aromatic carbocycles. The number of aromatic nitrogens is 1. The first-order valence-electron chi connectivity index (χ1n) is 11.5. The number of fused-ring (bicyclic) bond motifs is 3. The number of nitrogens with one attached hydrogen (secondary N) is 2. The summed E-state index contributed by atoms with van der Waals surface area (Å²) in [6.07, 6.45) is 1.69. The Labute approximate surface area is 208 Å². The fraction of sp³-hybridized carbons (Fsp3) is 0.0667. The van der Waals surface area contributed by atoms with Crippen molar-refractivity contribution in [3.63, 3.8) is 0 Å². The lowest BCUT2D eigenvalue weighted by molar-refractivity contribution is -0.113. The van der Waals surface area contributed by atoms with Crippen LogP contribution in [0.1, 0.15) is 15.9 Å². The average Bonchev–Trinajstić information content (AvgIpc) is 3.20. The summed E-state index contributed by atoms with van der Waals surface area (Å²) in [5, 5.41) is 7.85. The molecule has 0 fully saturated rings. The zero-order valence-corrected chi connectivity index (χ0v) is 20.0. The third kappa shape index (κ3) is 4.57. The van der Waals surface area contributed by atoms with Gasteiger partial charge in [-0.15, -0.1) is 0 Å². The van der Waals surface area contributed by atoms with Crippen LogP contribution in [0.2, 0.25) is 0 Å². The molecule has 0 saturated carbocycles. The Morgan fingerprint density at radius 1 is 0.806 bits per heavy atom. The van der Waals surface area contributed by atoms with Gasteiger partial charge < -0.3 is 19.9 Å². The Bertz CT molecular complexity index is 1620. The Balaban J connectivity index is 1.54. The molecule has 2 amide bonds. The van der Waals surface area contributed by atoms with E-state index in [4.69, 9.17) is 4.74 Å². The molecule has 1 aromatic heterocycles. The van der Waals surface area contributed by atoms with Crippen molar-refractivity contribution in [3.8, 4) is 5.75 Å². The predicted molar refractivity (Wildman–Crippen MR) is 144 cm³/mol.